The molecule has 2 heterocycles. The Bertz CT molecular complexity index is 1170. The Kier molecular flexibility index (Phi) is 5.52. The van der Waals surface area contributed by atoms with E-state index in [-0.39, 0.29) is 6.54 Å². The maximum absolute atomic E-state index is 13.2. The topological polar surface area (TPSA) is 96.3 Å². The van der Waals surface area contributed by atoms with Crippen molar-refractivity contribution in [2.75, 3.05) is 11.9 Å². The first-order chi connectivity index (χ1) is 15.4. The van der Waals surface area contributed by atoms with Gasteiger partial charge in [-0.3, -0.25) is 14.5 Å². The Balaban J connectivity index is 1.54. The Morgan fingerprint density at radius 1 is 1.03 bits per heavy atom. The first kappa shape index (κ1) is 21.3. The van der Waals surface area contributed by atoms with Crippen LogP contribution in [-0.4, -0.2) is 39.1 Å². The molecule has 1 aliphatic heterocycles. The summed E-state index contributed by atoms with van der Waals surface area (Å²) < 4.78 is 1.75. The Morgan fingerprint density at radius 3 is 2.28 bits per heavy atom. The van der Waals surface area contributed by atoms with Gasteiger partial charge in [0.1, 0.15) is 12.1 Å². The van der Waals surface area contributed by atoms with Gasteiger partial charge in [-0.05, 0) is 38.0 Å². The molecule has 1 saturated heterocycles. The highest BCUT2D eigenvalue weighted by molar-refractivity contribution is 6.10. The van der Waals surface area contributed by atoms with Crippen LogP contribution in [0.5, 0.6) is 0 Å². The van der Waals surface area contributed by atoms with Crippen molar-refractivity contribution in [1.29, 1.82) is 0 Å². The fourth-order valence-electron chi connectivity index (χ4n) is 4.10. The number of hydrogen-bond acceptors (Lipinski definition) is 4. The first-order valence-corrected chi connectivity index (χ1v) is 10.5. The van der Waals surface area contributed by atoms with Gasteiger partial charge in [0.2, 0.25) is 5.91 Å². The number of aryl methyl sites for hydroxylation is 1. The van der Waals surface area contributed by atoms with Gasteiger partial charge in [0.05, 0.1) is 22.8 Å². The molecule has 2 N–H and O–H groups in total. The molecule has 1 aliphatic rings. The van der Waals surface area contributed by atoms with Crippen LogP contribution in [0.1, 0.15) is 30.3 Å². The predicted molar refractivity (Wildman–Crippen MR) is 120 cm³/mol. The zero-order chi connectivity index (χ0) is 22.9. The number of hydrogen-bond donors (Lipinski definition) is 2. The van der Waals surface area contributed by atoms with Crippen molar-refractivity contribution in [1.82, 2.24) is 20.0 Å². The van der Waals surface area contributed by atoms with Gasteiger partial charge in [0.25, 0.3) is 5.91 Å². The van der Waals surface area contributed by atoms with Crippen molar-refractivity contribution in [3.63, 3.8) is 0 Å². The number of nitrogens with one attached hydrogen (secondary N) is 2. The van der Waals surface area contributed by atoms with Crippen LogP contribution in [0.25, 0.3) is 5.69 Å². The van der Waals surface area contributed by atoms with Crippen molar-refractivity contribution in [3.05, 3.63) is 77.6 Å². The van der Waals surface area contributed by atoms with Gasteiger partial charge in [-0.15, -0.1) is 0 Å². The van der Waals surface area contributed by atoms with Crippen LogP contribution in [0.15, 0.2) is 60.7 Å². The quantitative estimate of drug-likeness (QED) is 0.586. The average molecular weight is 431 g/mol. The summed E-state index contributed by atoms with van der Waals surface area (Å²) in [6.07, 6.45) is 0.377. The monoisotopic (exact) mass is 431 g/mol. The molecule has 1 aromatic heterocycles. The molecular weight excluding hydrogens is 406 g/mol. The number of urea groups is 1. The average Bonchev–Trinajstić information content (AvgIpc) is 3.23. The van der Waals surface area contributed by atoms with Gasteiger partial charge >= 0.3 is 6.03 Å². The number of amides is 4. The summed E-state index contributed by atoms with van der Waals surface area (Å²) in [6.45, 7) is 5.11. The molecule has 1 unspecified atom stereocenters. The van der Waals surface area contributed by atoms with Crippen molar-refractivity contribution in [2.24, 2.45) is 0 Å². The van der Waals surface area contributed by atoms with E-state index in [0.717, 1.165) is 16.3 Å². The molecule has 164 valence electrons. The van der Waals surface area contributed by atoms with Gasteiger partial charge in [-0.1, -0.05) is 55.5 Å². The molecule has 32 heavy (non-hydrogen) atoms. The molecule has 0 radical (unpaired) electrons. The Labute approximate surface area is 186 Å². The highest BCUT2D eigenvalue weighted by Crippen LogP contribution is 2.32. The smallest absolute Gasteiger partial charge is 0.321 e. The number of carbonyl (C=O) groups excluding carboxylic acids is 3. The fraction of sp³-hybridized carbons (Fsp3) is 0.250. The number of aromatic nitrogens is 2. The molecule has 2 aromatic carbocycles. The minimum absolute atomic E-state index is 0.377. The first-order valence-electron chi connectivity index (χ1n) is 10.5. The van der Waals surface area contributed by atoms with Crippen LogP contribution in [0.4, 0.5) is 10.5 Å². The van der Waals surface area contributed by atoms with E-state index in [4.69, 9.17) is 0 Å². The van der Waals surface area contributed by atoms with E-state index in [1.807, 2.05) is 62.4 Å². The second-order valence-electron chi connectivity index (χ2n) is 7.79. The molecule has 4 rings (SSSR count). The van der Waals surface area contributed by atoms with Crippen LogP contribution in [0.3, 0.4) is 0 Å². The number of benzene rings is 2. The lowest BCUT2D eigenvalue weighted by molar-refractivity contribution is -0.134. The van der Waals surface area contributed by atoms with Crippen molar-refractivity contribution >= 4 is 23.5 Å². The summed E-state index contributed by atoms with van der Waals surface area (Å²) in [5, 5.41) is 10.1. The van der Waals surface area contributed by atoms with Crippen LogP contribution in [0, 0.1) is 13.8 Å². The zero-order valence-corrected chi connectivity index (χ0v) is 18.3. The van der Waals surface area contributed by atoms with Crippen LogP contribution in [0.2, 0.25) is 0 Å². The largest absolute Gasteiger partial charge is 0.325 e. The van der Waals surface area contributed by atoms with Crippen molar-refractivity contribution in [3.8, 4) is 5.69 Å². The normalized spacial score (nSPS) is 18.0. The minimum atomic E-state index is -1.16. The number of imide groups is 1. The molecule has 1 atom stereocenters. The maximum Gasteiger partial charge on any atom is 0.325 e. The van der Waals surface area contributed by atoms with Gasteiger partial charge in [-0.25, -0.2) is 9.48 Å². The summed E-state index contributed by atoms with van der Waals surface area (Å²) in [6, 6.07) is 18.1. The molecule has 0 aliphatic carbocycles. The second-order valence-corrected chi connectivity index (χ2v) is 7.79. The standard InChI is InChI=1S/C24H25N5O3/c1-4-24(18-11-7-5-8-12-18)22(31)28(23(32)26-24)15-20(30)25-21-16(2)27-29(17(21)3)19-13-9-6-10-14-19/h5-14H,4,15H2,1-3H3,(H,25,30)(H,26,32). The third kappa shape index (κ3) is 3.53. The third-order valence-corrected chi connectivity index (χ3v) is 5.83. The highest BCUT2D eigenvalue weighted by atomic mass is 16.2. The summed E-state index contributed by atoms with van der Waals surface area (Å²) in [4.78, 5) is 39.7. The van der Waals surface area contributed by atoms with Crippen molar-refractivity contribution in [2.45, 2.75) is 32.7 Å². The molecule has 0 spiro atoms. The van der Waals surface area contributed by atoms with Crippen molar-refractivity contribution < 1.29 is 14.4 Å². The van der Waals surface area contributed by atoms with E-state index in [0.29, 0.717) is 23.4 Å². The second kappa shape index (κ2) is 8.30. The number of nitrogens with zero attached hydrogens (tertiary/aromatic N) is 3. The van der Waals surface area contributed by atoms with Crippen LogP contribution in [-0.2, 0) is 15.1 Å². The third-order valence-electron chi connectivity index (χ3n) is 5.83. The summed E-state index contributed by atoms with van der Waals surface area (Å²) in [7, 11) is 0. The van der Waals surface area contributed by atoms with Gasteiger partial charge in [-0.2, -0.15) is 5.10 Å². The molecule has 8 heteroatoms. The molecule has 0 saturated carbocycles. The lowest BCUT2D eigenvalue weighted by atomic mass is 9.87. The lowest BCUT2D eigenvalue weighted by Crippen LogP contribution is -2.44. The zero-order valence-electron chi connectivity index (χ0n) is 18.3. The van der Waals surface area contributed by atoms with Gasteiger partial charge in [0.15, 0.2) is 0 Å². The van der Waals surface area contributed by atoms with E-state index in [2.05, 4.69) is 15.7 Å². The molecule has 3 aromatic rings. The molecule has 8 nitrogen and oxygen atoms in total. The van der Waals surface area contributed by atoms with Crippen LogP contribution < -0.4 is 10.6 Å². The number of carbonyl (C=O) groups is 3. The molecule has 0 bridgehead atoms. The summed E-state index contributed by atoms with van der Waals surface area (Å²) in [5.74, 6) is -0.896. The Hall–Kier alpha value is -3.94. The fourth-order valence-corrected chi connectivity index (χ4v) is 4.10. The van der Waals surface area contributed by atoms with E-state index in [9.17, 15) is 14.4 Å². The number of para-hydroxylation sites is 1. The maximum atomic E-state index is 13.2. The molecule has 4 amide bonds. The molecule has 1 fully saturated rings. The number of anilines is 1. The van der Waals surface area contributed by atoms with Gasteiger partial charge in [0, 0.05) is 0 Å². The summed E-state index contributed by atoms with van der Waals surface area (Å²) >= 11 is 0. The van der Waals surface area contributed by atoms with E-state index in [1.165, 1.54) is 0 Å². The van der Waals surface area contributed by atoms with E-state index < -0.39 is 23.4 Å². The van der Waals surface area contributed by atoms with E-state index >= 15 is 0 Å². The highest BCUT2D eigenvalue weighted by Gasteiger charge is 2.51. The molecular formula is C24H25N5O3. The number of rotatable bonds is 6. The summed E-state index contributed by atoms with van der Waals surface area (Å²) in [5.41, 5.74) is 2.37. The lowest BCUT2D eigenvalue weighted by Gasteiger charge is -2.25. The SMILES string of the molecule is CCC1(c2ccccc2)NC(=O)N(CC(=O)Nc2c(C)nn(-c3ccccc3)c2C)C1=O. The van der Waals surface area contributed by atoms with Gasteiger partial charge < -0.3 is 10.6 Å². The minimum Gasteiger partial charge on any atom is -0.321 e. The van der Waals surface area contributed by atoms with Crippen LogP contribution >= 0.6 is 0 Å². The van der Waals surface area contributed by atoms with E-state index in [1.54, 1.807) is 23.7 Å². The predicted octanol–water partition coefficient (Wildman–Crippen LogP) is 3.28. The Morgan fingerprint density at radius 2 is 1.66 bits per heavy atom.